The van der Waals surface area contributed by atoms with Crippen molar-refractivity contribution in [3.05, 3.63) is 41.4 Å². The predicted molar refractivity (Wildman–Crippen MR) is 72.3 cm³/mol. The molecule has 2 aromatic rings. The predicted octanol–water partition coefficient (Wildman–Crippen LogP) is 2.94. The molecule has 4 nitrogen and oxygen atoms in total. The molecule has 1 aromatic heterocycles. The number of hydrogen-bond acceptors (Lipinski definition) is 3. The Morgan fingerprint density at radius 1 is 1.50 bits per heavy atom. The Balaban J connectivity index is 2.55. The molecule has 5 heteroatoms. The summed E-state index contributed by atoms with van der Waals surface area (Å²) in [6, 6.07) is 5.41. The van der Waals surface area contributed by atoms with Gasteiger partial charge in [-0.05, 0) is 24.6 Å². The van der Waals surface area contributed by atoms with Gasteiger partial charge in [-0.3, -0.25) is 4.57 Å². The SMILES string of the molecule is CC[C@@H](N)c1cncn1-c1cc(Cl)ccc1OC. The summed E-state index contributed by atoms with van der Waals surface area (Å²) in [5.74, 6) is 0.738. The zero-order valence-corrected chi connectivity index (χ0v) is 11.2. The largest absolute Gasteiger partial charge is 0.495 e. The Morgan fingerprint density at radius 3 is 2.94 bits per heavy atom. The van der Waals surface area contributed by atoms with Gasteiger partial charge in [-0.25, -0.2) is 4.98 Å². The van der Waals surface area contributed by atoms with Crippen LogP contribution in [0.2, 0.25) is 5.02 Å². The maximum Gasteiger partial charge on any atom is 0.142 e. The van der Waals surface area contributed by atoms with E-state index in [0.717, 1.165) is 23.6 Å². The third kappa shape index (κ3) is 2.35. The lowest BCUT2D eigenvalue weighted by Gasteiger charge is -2.15. The molecule has 0 aliphatic rings. The second-order valence-electron chi connectivity index (χ2n) is 4.02. The molecule has 0 fully saturated rings. The van der Waals surface area contributed by atoms with E-state index in [0.29, 0.717) is 5.02 Å². The highest BCUT2D eigenvalue weighted by molar-refractivity contribution is 6.30. The van der Waals surface area contributed by atoms with Gasteiger partial charge >= 0.3 is 0 Å². The van der Waals surface area contributed by atoms with Gasteiger partial charge in [-0.15, -0.1) is 0 Å². The average Bonchev–Trinajstić information content (AvgIpc) is 2.86. The maximum atomic E-state index is 6.07. The lowest BCUT2D eigenvalue weighted by atomic mass is 10.1. The molecule has 0 bridgehead atoms. The lowest BCUT2D eigenvalue weighted by Crippen LogP contribution is -2.13. The number of imidazole rings is 1. The average molecular weight is 266 g/mol. The summed E-state index contributed by atoms with van der Waals surface area (Å²) in [5.41, 5.74) is 7.86. The minimum Gasteiger partial charge on any atom is -0.495 e. The number of rotatable bonds is 4. The number of ether oxygens (including phenoxy) is 1. The Labute approximate surface area is 111 Å². The van der Waals surface area contributed by atoms with Crippen molar-refractivity contribution in [2.45, 2.75) is 19.4 Å². The standard InChI is InChI=1S/C13H16ClN3O/c1-3-10(15)12-7-16-8-17(12)11-6-9(14)4-5-13(11)18-2/h4-8,10H,3,15H2,1-2H3/t10-/m1/s1. The number of methoxy groups -OCH3 is 1. The molecule has 0 saturated heterocycles. The number of aromatic nitrogens is 2. The van der Waals surface area contributed by atoms with Crippen molar-refractivity contribution in [2.24, 2.45) is 5.73 Å². The summed E-state index contributed by atoms with van der Waals surface area (Å²) < 4.78 is 7.26. The van der Waals surface area contributed by atoms with Crippen LogP contribution in [0, 0.1) is 0 Å². The zero-order valence-electron chi connectivity index (χ0n) is 10.4. The van der Waals surface area contributed by atoms with Crippen molar-refractivity contribution in [2.75, 3.05) is 7.11 Å². The number of nitrogens with two attached hydrogens (primary N) is 1. The normalized spacial score (nSPS) is 12.4. The van der Waals surface area contributed by atoms with Gasteiger partial charge < -0.3 is 10.5 Å². The number of nitrogens with zero attached hydrogens (tertiary/aromatic N) is 2. The van der Waals surface area contributed by atoms with Crippen molar-refractivity contribution < 1.29 is 4.74 Å². The van der Waals surface area contributed by atoms with Crippen molar-refractivity contribution in [1.82, 2.24) is 9.55 Å². The number of hydrogen-bond donors (Lipinski definition) is 1. The van der Waals surface area contributed by atoms with Crippen molar-refractivity contribution in [1.29, 1.82) is 0 Å². The highest BCUT2D eigenvalue weighted by Crippen LogP contribution is 2.29. The van der Waals surface area contributed by atoms with Crippen molar-refractivity contribution >= 4 is 11.6 Å². The van der Waals surface area contributed by atoms with E-state index in [4.69, 9.17) is 22.1 Å². The van der Waals surface area contributed by atoms with Gasteiger partial charge in [0, 0.05) is 11.1 Å². The van der Waals surface area contributed by atoms with E-state index in [9.17, 15) is 0 Å². The quantitative estimate of drug-likeness (QED) is 0.925. The highest BCUT2D eigenvalue weighted by atomic mass is 35.5. The summed E-state index contributed by atoms with van der Waals surface area (Å²) in [6.45, 7) is 2.04. The molecule has 0 saturated carbocycles. The first-order valence-corrected chi connectivity index (χ1v) is 6.17. The molecule has 0 aliphatic carbocycles. The van der Waals surface area contributed by atoms with Crippen LogP contribution < -0.4 is 10.5 Å². The third-order valence-corrected chi connectivity index (χ3v) is 3.12. The van der Waals surface area contributed by atoms with Crippen LogP contribution in [-0.4, -0.2) is 16.7 Å². The Hall–Kier alpha value is -1.52. The molecule has 0 spiro atoms. The minimum atomic E-state index is -0.0591. The summed E-state index contributed by atoms with van der Waals surface area (Å²) in [7, 11) is 1.63. The van der Waals surface area contributed by atoms with Crippen LogP contribution in [0.25, 0.3) is 5.69 Å². The first-order chi connectivity index (χ1) is 8.67. The minimum absolute atomic E-state index is 0.0591. The van der Waals surface area contributed by atoms with Crippen LogP contribution in [0.4, 0.5) is 0 Å². The van der Waals surface area contributed by atoms with Gasteiger partial charge in [0.05, 0.1) is 31.0 Å². The Bertz CT molecular complexity index is 539. The molecule has 2 rings (SSSR count). The van der Waals surface area contributed by atoms with Crippen LogP contribution in [0.3, 0.4) is 0 Å². The molecular formula is C13H16ClN3O. The summed E-state index contributed by atoms with van der Waals surface area (Å²) >= 11 is 6.04. The fourth-order valence-electron chi connectivity index (χ4n) is 1.84. The van der Waals surface area contributed by atoms with E-state index >= 15 is 0 Å². The van der Waals surface area contributed by atoms with Gasteiger partial charge in [0.1, 0.15) is 5.75 Å². The monoisotopic (exact) mass is 265 g/mol. The fraction of sp³-hybridized carbons (Fsp3) is 0.308. The first-order valence-electron chi connectivity index (χ1n) is 5.79. The summed E-state index contributed by atoms with van der Waals surface area (Å²) in [5, 5.41) is 0.649. The lowest BCUT2D eigenvalue weighted by molar-refractivity contribution is 0.412. The maximum absolute atomic E-state index is 6.07. The molecule has 96 valence electrons. The molecule has 18 heavy (non-hydrogen) atoms. The summed E-state index contributed by atoms with van der Waals surface area (Å²) in [6.07, 6.45) is 4.34. The Kier molecular flexibility index (Phi) is 3.89. The molecule has 1 aromatic carbocycles. The van der Waals surface area contributed by atoms with E-state index in [2.05, 4.69) is 4.98 Å². The van der Waals surface area contributed by atoms with Crippen molar-refractivity contribution in [3.8, 4) is 11.4 Å². The Morgan fingerprint density at radius 2 is 2.28 bits per heavy atom. The molecule has 1 heterocycles. The van der Waals surface area contributed by atoms with E-state index in [1.807, 2.05) is 23.6 Å². The van der Waals surface area contributed by atoms with E-state index in [-0.39, 0.29) is 6.04 Å². The molecule has 1 atom stereocenters. The van der Waals surface area contributed by atoms with Gasteiger partial charge in [-0.2, -0.15) is 0 Å². The van der Waals surface area contributed by atoms with Gasteiger partial charge in [0.25, 0.3) is 0 Å². The second kappa shape index (κ2) is 5.42. The first kappa shape index (κ1) is 12.9. The second-order valence-corrected chi connectivity index (χ2v) is 4.46. The van der Waals surface area contributed by atoms with Crippen LogP contribution >= 0.6 is 11.6 Å². The molecule has 0 unspecified atom stereocenters. The molecular weight excluding hydrogens is 250 g/mol. The summed E-state index contributed by atoms with van der Waals surface area (Å²) in [4.78, 5) is 4.16. The van der Waals surface area contributed by atoms with Crippen LogP contribution in [0.5, 0.6) is 5.75 Å². The number of halogens is 1. The molecule has 2 N–H and O–H groups in total. The van der Waals surface area contributed by atoms with E-state index < -0.39 is 0 Å². The van der Waals surface area contributed by atoms with E-state index in [1.54, 1.807) is 25.7 Å². The van der Waals surface area contributed by atoms with Gasteiger partial charge in [0.2, 0.25) is 0 Å². The van der Waals surface area contributed by atoms with Gasteiger partial charge in [0.15, 0.2) is 0 Å². The zero-order chi connectivity index (χ0) is 13.1. The molecule has 0 radical (unpaired) electrons. The van der Waals surface area contributed by atoms with Crippen LogP contribution in [0.1, 0.15) is 25.1 Å². The highest BCUT2D eigenvalue weighted by Gasteiger charge is 2.14. The van der Waals surface area contributed by atoms with Gasteiger partial charge in [-0.1, -0.05) is 18.5 Å². The van der Waals surface area contributed by atoms with E-state index in [1.165, 1.54) is 0 Å². The third-order valence-electron chi connectivity index (χ3n) is 2.89. The molecule has 0 aliphatic heterocycles. The van der Waals surface area contributed by atoms with Crippen LogP contribution in [-0.2, 0) is 0 Å². The smallest absolute Gasteiger partial charge is 0.142 e. The molecule has 0 amide bonds. The van der Waals surface area contributed by atoms with Crippen molar-refractivity contribution in [3.63, 3.8) is 0 Å². The fourth-order valence-corrected chi connectivity index (χ4v) is 2.01. The topological polar surface area (TPSA) is 53.1 Å². The van der Waals surface area contributed by atoms with Crippen LogP contribution in [0.15, 0.2) is 30.7 Å². The number of benzene rings is 1.